The van der Waals surface area contributed by atoms with E-state index in [9.17, 15) is 4.79 Å². The maximum Gasteiger partial charge on any atom is 0.261 e. The highest BCUT2D eigenvalue weighted by Crippen LogP contribution is 2.41. The number of hydrogen-bond donors (Lipinski definition) is 1. The van der Waals surface area contributed by atoms with E-state index >= 15 is 0 Å². The first-order valence-corrected chi connectivity index (χ1v) is 9.72. The molecule has 0 bridgehead atoms. The van der Waals surface area contributed by atoms with Gasteiger partial charge in [0.15, 0.2) is 6.10 Å². The van der Waals surface area contributed by atoms with E-state index in [0.717, 1.165) is 22.6 Å². The zero-order chi connectivity index (χ0) is 20.3. The molecule has 1 N–H and O–H groups in total. The van der Waals surface area contributed by atoms with Gasteiger partial charge in [-0.25, -0.2) is 0 Å². The average Bonchev–Trinajstić information content (AvgIpc) is 2.65. The van der Waals surface area contributed by atoms with E-state index in [-0.39, 0.29) is 17.6 Å². The number of carbonyl (C=O) groups is 1. The number of benzene rings is 2. The Morgan fingerprint density at radius 1 is 1.25 bits per heavy atom. The lowest BCUT2D eigenvalue weighted by Crippen LogP contribution is -2.45. The van der Waals surface area contributed by atoms with Crippen molar-refractivity contribution in [2.75, 3.05) is 7.11 Å². The minimum atomic E-state index is -0.554. The molecule has 0 saturated heterocycles. The van der Waals surface area contributed by atoms with Gasteiger partial charge in [0.25, 0.3) is 5.91 Å². The highest BCUT2D eigenvalue weighted by molar-refractivity contribution is 5.81. The normalized spacial score (nSPS) is 18.4. The molecule has 5 heteroatoms. The van der Waals surface area contributed by atoms with Crippen LogP contribution >= 0.6 is 0 Å². The summed E-state index contributed by atoms with van der Waals surface area (Å²) >= 11 is 0. The van der Waals surface area contributed by atoms with Crippen molar-refractivity contribution in [1.29, 1.82) is 0 Å². The second kappa shape index (κ2) is 8.13. The Labute approximate surface area is 167 Å². The van der Waals surface area contributed by atoms with Gasteiger partial charge in [-0.1, -0.05) is 19.1 Å². The Bertz CT molecular complexity index is 846. The Morgan fingerprint density at radius 3 is 2.71 bits per heavy atom. The van der Waals surface area contributed by atoms with Gasteiger partial charge in [0.05, 0.1) is 13.2 Å². The Balaban J connectivity index is 1.80. The SMILES string of the molecule is CC[C@@H](Oc1cccc(C)c1)C(=O)N[C@@H]1CC(C)(C)Oc2ccc(OC)cc21. The fraction of sp³-hybridized carbons (Fsp3) is 0.435. The van der Waals surface area contributed by atoms with E-state index in [1.54, 1.807) is 7.11 Å². The number of fused-ring (bicyclic) bond motifs is 1. The molecule has 2 atom stereocenters. The third kappa shape index (κ3) is 4.58. The van der Waals surface area contributed by atoms with Crippen LogP contribution in [-0.2, 0) is 4.79 Å². The molecule has 0 unspecified atom stereocenters. The molecule has 2 aromatic rings. The molecule has 0 aliphatic carbocycles. The number of methoxy groups -OCH3 is 1. The molecule has 0 spiro atoms. The fourth-order valence-corrected chi connectivity index (χ4v) is 3.53. The number of ether oxygens (including phenoxy) is 3. The molecule has 5 nitrogen and oxygen atoms in total. The van der Waals surface area contributed by atoms with Crippen LogP contribution in [0.5, 0.6) is 17.2 Å². The summed E-state index contributed by atoms with van der Waals surface area (Å²) in [5, 5.41) is 3.17. The third-order valence-electron chi connectivity index (χ3n) is 4.92. The van der Waals surface area contributed by atoms with Gasteiger partial charge in [-0.2, -0.15) is 0 Å². The summed E-state index contributed by atoms with van der Waals surface area (Å²) < 4.78 is 17.4. The van der Waals surface area contributed by atoms with Gasteiger partial charge < -0.3 is 19.5 Å². The van der Waals surface area contributed by atoms with E-state index in [1.165, 1.54) is 0 Å². The zero-order valence-corrected chi connectivity index (χ0v) is 17.2. The topological polar surface area (TPSA) is 56.8 Å². The van der Waals surface area contributed by atoms with Crippen LogP contribution in [0.2, 0.25) is 0 Å². The molecule has 1 aliphatic rings. The van der Waals surface area contributed by atoms with Crippen LogP contribution in [0, 0.1) is 6.92 Å². The van der Waals surface area contributed by atoms with Crippen molar-refractivity contribution in [2.45, 2.75) is 58.3 Å². The molecule has 0 saturated carbocycles. The number of nitrogens with one attached hydrogen (secondary N) is 1. The van der Waals surface area contributed by atoms with Crippen molar-refractivity contribution >= 4 is 5.91 Å². The summed E-state index contributed by atoms with van der Waals surface area (Å²) in [6, 6.07) is 13.3. The van der Waals surface area contributed by atoms with Crippen molar-refractivity contribution in [2.24, 2.45) is 0 Å². The molecule has 28 heavy (non-hydrogen) atoms. The Morgan fingerprint density at radius 2 is 2.04 bits per heavy atom. The standard InChI is InChI=1S/C23H29NO4/c1-6-20(27-17-9-7-8-15(2)12-17)22(25)24-19-14-23(3,4)28-21-11-10-16(26-5)13-18(19)21/h7-13,19-20H,6,14H2,1-5H3,(H,24,25)/t19-,20-/m1/s1. The molecule has 3 rings (SSSR count). The van der Waals surface area contributed by atoms with Gasteiger partial charge in [-0.05, 0) is 63.1 Å². The van der Waals surface area contributed by atoms with Gasteiger partial charge in [0, 0.05) is 12.0 Å². The molecule has 0 fully saturated rings. The smallest absolute Gasteiger partial charge is 0.261 e. The predicted octanol–water partition coefficient (Wildman–Crippen LogP) is 4.58. The van der Waals surface area contributed by atoms with Gasteiger partial charge >= 0.3 is 0 Å². The lowest BCUT2D eigenvalue weighted by molar-refractivity contribution is -0.129. The monoisotopic (exact) mass is 383 g/mol. The van der Waals surface area contributed by atoms with Crippen molar-refractivity contribution in [3.8, 4) is 17.2 Å². The van der Waals surface area contributed by atoms with E-state index in [0.29, 0.717) is 18.6 Å². The summed E-state index contributed by atoms with van der Waals surface area (Å²) in [7, 11) is 1.63. The predicted molar refractivity (Wildman–Crippen MR) is 109 cm³/mol. The number of carbonyl (C=O) groups excluding carboxylic acids is 1. The molecule has 1 aliphatic heterocycles. The number of rotatable bonds is 6. The number of amides is 1. The van der Waals surface area contributed by atoms with Crippen LogP contribution in [0.15, 0.2) is 42.5 Å². The van der Waals surface area contributed by atoms with Crippen LogP contribution in [0.4, 0.5) is 0 Å². The molecule has 2 aromatic carbocycles. The molecule has 0 aromatic heterocycles. The van der Waals surface area contributed by atoms with Gasteiger partial charge in [-0.15, -0.1) is 0 Å². The minimum Gasteiger partial charge on any atom is -0.497 e. The maximum absolute atomic E-state index is 13.0. The van der Waals surface area contributed by atoms with Crippen molar-refractivity contribution in [1.82, 2.24) is 5.32 Å². The van der Waals surface area contributed by atoms with E-state index in [1.807, 2.05) is 70.2 Å². The highest BCUT2D eigenvalue weighted by Gasteiger charge is 2.36. The van der Waals surface area contributed by atoms with Crippen molar-refractivity contribution < 1.29 is 19.0 Å². The van der Waals surface area contributed by atoms with Gasteiger partial charge in [-0.3, -0.25) is 4.79 Å². The van der Waals surface area contributed by atoms with Crippen LogP contribution in [-0.4, -0.2) is 24.7 Å². The minimum absolute atomic E-state index is 0.125. The van der Waals surface area contributed by atoms with Gasteiger partial charge in [0.1, 0.15) is 22.8 Å². The first kappa shape index (κ1) is 20.1. The average molecular weight is 383 g/mol. The summed E-state index contributed by atoms with van der Waals surface area (Å²) in [4.78, 5) is 13.0. The molecule has 150 valence electrons. The number of aryl methyl sites for hydroxylation is 1. The summed E-state index contributed by atoms with van der Waals surface area (Å²) in [6.07, 6.45) is 0.693. The second-order valence-corrected chi connectivity index (χ2v) is 7.86. The fourth-order valence-electron chi connectivity index (χ4n) is 3.53. The Hall–Kier alpha value is -2.69. The van der Waals surface area contributed by atoms with E-state index in [2.05, 4.69) is 5.32 Å². The first-order chi connectivity index (χ1) is 13.3. The largest absolute Gasteiger partial charge is 0.497 e. The van der Waals surface area contributed by atoms with Crippen LogP contribution in [0.25, 0.3) is 0 Å². The lowest BCUT2D eigenvalue weighted by Gasteiger charge is -2.38. The van der Waals surface area contributed by atoms with Crippen molar-refractivity contribution in [3.63, 3.8) is 0 Å². The van der Waals surface area contributed by atoms with Crippen LogP contribution in [0.1, 0.15) is 50.8 Å². The van der Waals surface area contributed by atoms with Gasteiger partial charge in [0.2, 0.25) is 0 Å². The lowest BCUT2D eigenvalue weighted by atomic mass is 9.89. The molecule has 1 heterocycles. The van der Waals surface area contributed by atoms with Crippen molar-refractivity contribution in [3.05, 3.63) is 53.6 Å². The van der Waals surface area contributed by atoms with E-state index < -0.39 is 6.10 Å². The molecular weight excluding hydrogens is 354 g/mol. The number of hydrogen-bond acceptors (Lipinski definition) is 4. The third-order valence-corrected chi connectivity index (χ3v) is 4.92. The maximum atomic E-state index is 13.0. The summed E-state index contributed by atoms with van der Waals surface area (Å²) in [5.74, 6) is 2.09. The summed E-state index contributed by atoms with van der Waals surface area (Å²) in [6.45, 7) is 8.01. The highest BCUT2D eigenvalue weighted by atomic mass is 16.5. The molecule has 0 radical (unpaired) electrons. The molecule has 1 amide bonds. The van der Waals surface area contributed by atoms with E-state index in [4.69, 9.17) is 14.2 Å². The zero-order valence-electron chi connectivity index (χ0n) is 17.2. The Kier molecular flexibility index (Phi) is 5.82. The first-order valence-electron chi connectivity index (χ1n) is 9.72. The quantitative estimate of drug-likeness (QED) is 0.793. The second-order valence-electron chi connectivity index (χ2n) is 7.86. The molecular formula is C23H29NO4. The van der Waals surface area contributed by atoms with Crippen LogP contribution in [0.3, 0.4) is 0 Å². The van der Waals surface area contributed by atoms with Crippen LogP contribution < -0.4 is 19.5 Å². The summed E-state index contributed by atoms with van der Waals surface area (Å²) in [5.41, 5.74) is 1.65.